The number of nitro benzene ring substituents is 1. The van der Waals surface area contributed by atoms with Crippen molar-refractivity contribution < 1.29 is 23.4 Å². The third-order valence-corrected chi connectivity index (χ3v) is 3.11. The average Bonchev–Trinajstić information content (AvgIpc) is 2.91. The van der Waals surface area contributed by atoms with Crippen LogP contribution in [0.4, 0.5) is 15.9 Å². The monoisotopic (exact) mass is 337 g/mol. The van der Waals surface area contributed by atoms with Crippen LogP contribution in [-0.2, 0) is 4.79 Å². The first-order valence-corrected chi connectivity index (χ1v) is 7.25. The van der Waals surface area contributed by atoms with Crippen molar-refractivity contribution in [1.29, 1.82) is 0 Å². The predicted molar refractivity (Wildman–Crippen MR) is 82.2 cm³/mol. The van der Waals surface area contributed by atoms with Gasteiger partial charge in [-0.2, -0.15) is 0 Å². The number of hydrogen-bond acceptors (Lipinski definition) is 6. The van der Waals surface area contributed by atoms with E-state index in [0.717, 1.165) is 18.2 Å². The lowest BCUT2D eigenvalue weighted by atomic mass is 10.2. The van der Waals surface area contributed by atoms with Crippen LogP contribution in [0.25, 0.3) is 0 Å². The topological polar surface area (TPSA) is 108 Å². The maximum Gasteiger partial charge on any atom is 0.311 e. The summed E-state index contributed by atoms with van der Waals surface area (Å²) in [4.78, 5) is 22.6. The normalized spacial score (nSPS) is 11.8. The molecule has 128 valence electrons. The summed E-state index contributed by atoms with van der Waals surface area (Å²) >= 11 is 0. The molecule has 8 nitrogen and oxygen atoms in total. The van der Waals surface area contributed by atoms with Crippen molar-refractivity contribution in [3.63, 3.8) is 0 Å². The lowest BCUT2D eigenvalue weighted by molar-refractivity contribution is -0.386. The van der Waals surface area contributed by atoms with Gasteiger partial charge in [-0.05, 0) is 19.4 Å². The molecule has 9 heteroatoms. The Morgan fingerprint density at radius 3 is 2.83 bits per heavy atom. The number of rotatable bonds is 7. The summed E-state index contributed by atoms with van der Waals surface area (Å²) in [5, 5.41) is 17.1. The van der Waals surface area contributed by atoms with Gasteiger partial charge in [0.05, 0.1) is 4.92 Å². The van der Waals surface area contributed by atoms with Crippen molar-refractivity contribution in [3.05, 3.63) is 46.0 Å². The van der Waals surface area contributed by atoms with E-state index in [9.17, 15) is 19.3 Å². The molecule has 2 aromatic rings. The number of benzene rings is 1. The third-order valence-electron chi connectivity index (χ3n) is 3.11. The highest BCUT2D eigenvalue weighted by molar-refractivity contribution is 5.93. The van der Waals surface area contributed by atoms with E-state index in [2.05, 4.69) is 10.5 Å². The SMILES string of the molecule is CCCC(Oc1cc(F)ccc1[N+](=O)[O-])C(=O)Nc1cc(C)on1. The molecule has 0 saturated heterocycles. The van der Waals surface area contributed by atoms with E-state index in [0.29, 0.717) is 12.2 Å². The van der Waals surface area contributed by atoms with Crippen molar-refractivity contribution in [2.75, 3.05) is 5.32 Å². The van der Waals surface area contributed by atoms with Gasteiger partial charge in [-0.15, -0.1) is 0 Å². The Bertz CT molecular complexity index is 746. The summed E-state index contributed by atoms with van der Waals surface area (Å²) in [7, 11) is 0. The number of carbonyl (C=O) groups is 1. The maximum absolute atomic E-state index is 13.4. The molecule has 0 spiro atoms. The molecule has 0 aliphatic heterocycles. The van der Waals surface area contributed by atoms with Crippen molar-refractivity contribution in [3.8, 4) is 5.75 Å². The van der Waals surface area contributed by atoms with Gasteiger partial charge < -0.3 is 14.6 Å². The number of nitrogens with one attached hydrogen (secondary N) is 1. The molecule has 1 unspecified atom stereocenters. The number of hydrogen-bond donors (Lipinski definition) is 1. The lowest BCUT2D eigenvalue weighted by Crippen LogP contribution is -2.33. The van der Waals surface area contributed by atoms with E-state index < -0.39 is 28.4 Å². The van der Waals surface area contributed by atoms with Gasteiger partial charge in [0.2, 0.25) is 5.75 Å². The molecule has 1 aromatic heterocycles. The van der Waals surface area contributed by atoms with Crippen molar-refractivity contribution in [2.45, 2.75) is 32.8 Å². The van der Waals surface area contributed by atoms with Gasteiger partial charge in [0.1, 0.15) is 11.6 Å². The Kier molecular flexibility index (Phi) is 5.46. The average molecular weight is 337 g/mol. The number of aryl methyl sites for hydroxylation is 1. The molecule has 0 aliphatic rings. The molecule has 1 amide bonds. The predicted octanol–water partition coefficient (Wildman–Crippen LogP) is 3.22. The summed E-state index contributed by atoms with van der Waals surface area (Å²) < 4.78 is 23.6. The molecule has 24 heavy (non-hydrogen) atoms. The van der Waals surface area contributed by atoms with Crippen LogP contribution in [0.2, 0.25) is 0 Å². The molecule has 0 bridgehead atoms. The fourth-order valence-electron chi connectivity index (χ4n) is 2.02. The Labute approximate surface area is 136 Å². The second-order valence-electron chi connectivity index (χ2n) is 5.08. The third kappa shape index (κ3) is 4.28. The molecule has 0 saturated carbocycles. The molecule has 1 heterocycles. The van der Waals surface area contributed by atoms with Crippen molar-refractivity contribution in [2.24, 2.45) is 0 Å². The van der Waals surface area contributed by atoms with Crippen molar-refractivity contribution in [1.82, 2.24) is 5.16 Å². The van der Waals surface area contributed by atoms with Crippen LogP contribution in [0.5, 0.6) is 5.75 Å². The zero-order valence-electron chi connectivity index (χ0n) is 13.1. The zero-order chi connectivity index (χ0) is 17.7. The summed E-state index contributed by atoms with van der Waals surface area (Å²) in [6, 6.07) is 4.35. The number of nitro groups is 1. The molecule has 0 fully saturated rings. The standard InChI is InChI=1S/C15H16FN3O5/c1-3-4-12(15(20)17-14-7-9(2)24-18-14)23-13-8-10(16)5-6-11(13)19(21)22/h5-8,12H,3-4H2,1-2H3,(H,17,18,20). The van der Waals surface area contributed by atoms with Crippen LogP contribution in [0.1, 0.15) is 25.5 Å². The first-order chi connectivity index (χ1) is 11.4. The fraction of sp³-hybridized carbons (Fsp3) is 0.333. The summed E-state index contributed by atoms with van der Waals surface area (Å²) in [5.74, 6) is -0.831. The minimum absolute atomic E-state index is 0.205. The molecule has 0 aliphatic carbocycles. The largest absolute Gasteiger partial charge is 0.473 e. The molecule has 2 rings (SSSR count). The highest BCUT2D eigenvalue weighted by Gasteiger charge is 2.25. The van der Waals surface area contributed by atoms with E-state index in [1.807, 2.05) is 6.92 Å². The molecule has 1 N–H and O–H groups in total. The molecule has 1 aromatic carbocycles. The number of carbonyl (C=O) groups excluding carboxylic acids is 1. The number of ether oxygens (including phenoxy) is 1. The van der Waals surface area contributed by atoms with Gasteiger partial charge in [-0.1, -0.05) is 18.5 Å². The van der Waals surface area contributed by atoms with Crippen molar-refractivity contribution >= 4 is 17.4 Å². The van der Waals surface area contributed by atoms with E-state index in [4.69, 9.17) is 9.26 Å². The quantitative estimate of drug-likeness (QED) is 0.614. The maximum atomic E-state index is 13.4. The molecular weight excluding hydrogens is 321 g/mol. The number of nitrogens with zero attached hydrogens (tertiary/aromatic N) is 2. The first kappa shape index (κ1) is 17.4. The second-order valence-corrected chi connectivity index (χ2v) is 5.08. The Morgan fingerprint density at radius 2 is 2.25 bits per heavy atom. The number of anilines is 1. The number of aromatic nitrogens is 1. The molecule has 0 radical (unpaired) electrons. The zero-order valence-corrected chi connectivity index (χ0v) is 13.1. The Morgan fingerprint density at radius 1 is 1.50 bits per heavy atom. The van der Waals surface area contributed by atoms with Crippen LogP contribution in [0.3, 0.4) is 0 Å². The van der Waals surface area contributed by atoms with Crippen LogP contribution >= 0.6 is 0 Å². The van der Waals surface area contributed by atoms with Gasteiger partial charge in [-0.25, -0.2) is 4.39 Å². The number of halogens is 1. The highest BCUT2D eigenvalue weighted by Crippen LogP contribution is 2.29. The van der Waals surface area contributed by atoms with Crippen LogP contribution < -0.4 is 10.1 Å². The Balaban J connectivity index is 2.20. The summed E-state index contributed by atoms with van der Waals surface area (Å²) in [5.41, 5.74) is -0.414. The molecular formula is C15H16FN3O5. The smallest absolute Gasteiger partial charge is 0.311 e. The minimum Gasteiger partial charge on any atom is -0.473 e. The Hall–Kier alpha value is -2.97. The van der Waals surface area contributed by atoms with Gasteiger partial charge in [-0.3, -0.25) is 14.9 Å². The summed E-state index contributed by atoms with van der Waals surface area (Å²) in [6.07, 6.45) is -0.164. The summed E-state index contributed by atoms with van der Waals surface area (Å²) in [6.45, 7) is 3.49. The number of amides is 1. The van der Waals surface area contributed by atoms with Gasteiger partial charge in [0.15, 0.2) is 11.9 Å². The van der Waals surface area contributed by atoms with E-state index >= 15 is 0 Å². The van der Waals surface area contributed by atoms with Gasteiger partial charge in [0, 0.05) is 18.2 Å². The lowest BCUT2D eigenvalue weighted by Gasteiger charge is -2.17. The first-order valence-electron chi connectivity index (χ1n) is 7.25. The highest BCUT2D eigenvalue weighted by atomic mass is 19.1. The van der Waals surface area contributed by atoms with E-state index in [1.54, 1.807) is 6.92 Å². The van der Waals surface area contributed by atoms with E-state index in [-0.39, 0.29) is 18.0 Å². The van der Waals surface area contributed by atoms with Crippen LogP contribution in [0, 0.1) is 22.9 Å². The second kappa shape index (κ2) is 7.53. The molecule has 1 atom stereocenters. The minimum atomic E-state index is -1.03. The van der Waals surface area contributed by atoms with E-state index in [1.165, 1.54) is 6.07 Å². The van der Waals surface area contributed by atoms with Crippen LogP contribution in [0.15, 0.2) is 28.8 Å². The fourth-order valence-corrected chi connectivity index (χ4v) is 2.02. The van der Waals surface area contributed by atoms with Crippen LogP contribution in [-0.4, -0.2) is 22.1 Å². The van der Waals surface area contributed by atoms with Gasteiger partial charge >= 0.3 is 5.69 Å². The van der Waals surface area contributed by atoms with Gasteiger partial charge in [0.25, 0.3) is 5.91 Å².